The number of guanidine groups is 1. The number of thiazole rings is 1. The Labute approximate surface area is 229 Å². The van der Waals surface area contributed by atoms with Crippen LogP contribution in [0.2, 0.25) is 0 Å². The van der Waals surface area contributed by atoms with E-state index in [-0.39, 0.29) is 40.6 Å². The van der Waals surface area contributed by atoms with Crippen molar-refractivity contribution in [1.82, 2.24) is 20.1 Å². The summed E-state index contributed by atoms with van der Waals surface area (Å²) in [6.45, 7) is -0.186. The Kier molecular flexibility index (Phi) is 8.26. The first-order valence-electron chi connectivity index (χ1n) is 10.9. The van der Waals surface area contributed by atoms with E-state index in [0.717, 1.165) is 11.3 Å². The molecule has 1 saturated heterocycles. The van der Waals surface area contributed by atoms with Gasteiger partial charge in [-0.1, -0.05) is 11.1 Å². The molecule has 3 aliphatic heterocycles. The lowest BCUT2D eigenvalue weighted by molar-refractivity contribution is -0.150. The third-order valence-electron chi connectivity index (χ3n) is 5.68. The maximum atomic E-state index is 13.0. The number of hydrogen-bond acceptors (Lipinski definition) is 12. The molecule has 4 rings (SSSR count). The van der Waals surface area contributed by atoms with Gasteiger partial charge in [0.2, 0.25) is 5.96 Å². The van der Waals surface area contributed by atoms with Crippen LogP contribution in [0.25, 0.3) is 0 Å². The number of nitrogens with two attached hydrogens (primary N) is 2. The number of fused-ring (bicyclic) bond motifs is 1. The topological polar surface area (TPSA) is 213 Å². The number of oxime groups is 1. The molecule has 2 amide bonds. The van der Waals surface area contributed by atoms with Crippen molar-refractivity contribution >= 4 is 74.5 Å². The van der Waals surface area contributed by atoms with Crippen LogP contribution < -0.4 is 16.8 Å². The predicted octanol–water partition coefficient (Wildman–Crippen LogP) is -0.495. The van der Waals surface area contributed by atoms with Crippen LogP contribution in [-0.2, 0) is 19.2 Å². The first kappa shape index (κ1) is 27.4. The van der Waals surface area contributed by atoms with E-state index in [0.29, 0.717) is 22.8 Å². The van der Waals surface area contributed by atoms with Crippen molar-refractivity contribution in [2.24, 2.45) is 15.9 Å². The Hall–Kier alpha value is -3.59. The number of carboxylic acids is 1. The number of nitrogen functional groups attached to an aromatic ring is 1. The van der Waals surface area contributed by atoms with Crippen molar-refractivity contribution in [3.8, 4) is 12.3 Å². The van der Waals surface area contributed by atoms with Crippen molar-refractivity contribution in [3.05, 3.63) is 22.3 Å². The zero-order chi connectivity index (χ0) is 27.6. The van der Waals surface area contributed by atoms with E-state index < -0.39 is 35.4 Å². The molecule has 0 bridgehead atoms. The first-order valence-corrected chi connectivity index (χ1v) is 13.9. The standard InChI is InChI=1S/C21H23N9O5S3/c1-3-4-35-28-13(10-8-38-21(24)25-10)16(31)27-14-17(32)30-15(19(33)34)9(7-37-18(14)30)6-36-12-5-11(22)29(2)20(23)26-12/h1,8,11,14,18,23H,4-7,22H2,2H3,(H2,24,25)(H,27,31)(H,33,34)/t11?,14-,18-/m1/s1. The molecule has 0 spiro atoms. The minimum atomic E-state index is -1.25. The van der Waals surface area contributed by atoms with Gasteiger partial charge in [0.15, 0.2) is 17.5 Å². The van der Waals surface area contributed by atoms with Gasteiger partial charge >= 0.3 is 5.97 Å². The molecule has 1 fully saturated rings. The minimum absolute atomic E-state index is 0.0289. The number of nitrogens with one attached hydrogen (secondary N) is 2. The van der Waals surface area contributed by atoms with Crippen LogP contribution in [0.15, 0.2) is 26.8 Å². The van der Waals surface area contributed by atoms with Crippen LogP contribution in [0.5, 0.6) is 0 Å². The average molecular weight is 578 g/mol. The number of rotatable bonds is 8. The number of carbonyl (C=O) groups excluding carboxylic acids is 2. The molecule has 0 aliphatic carbocycles. The molecular formula is C21H23N9O5S3. The van der Waals surface area contributed by atoms with E-state index in [1.807, 2.05) is 0 Å². The first-order chi connectivity index (χ1) is 18.1. The summed E-state index contributed by atoms with van der Waals surface area (Å²) in [6, 6.07) is -0.985. The van der Waals surface area contributed by atoms with Gasteiger partial charge in [-0.15, -0.1) is 41.3 Å². The summed E-state index contributed by atoms with van der Waals surface area (Å²) < 4.78 is 0. The minimum Gasteiger partial charge on any atom is -0.477 e. The SMILES string of the molecule is C#CCON=C(C(=O)N[C@@H]1C(=O)N2C(C(=O)O)=C(CSC3=NC(=N)N(C)C(N)C3)CS[C@H]12)c1csc(N)n1. The van der Waals surface area contributed by atoms with Crippen molar-refractivity contribution in [2.75, 3.05) is 30.9 Å². The number of aliphatic carboxylic acids is 1. The number of thioether (sulfide) groups is 2. The zero-order valence-corrected chi connectivity index (χ0v) is 22.4. The van der Waals surface area contributed by atoms with E-state index in [1.54, 1.807) is 11.9 Å². The van der Waals surface area contributed by atoms with Crippen LogP contribution in [0.3, 0.4) is 0 Å². The third-order valence-corrected chi connectivity index (χ3v) is 8.78. The summed E-state index contributed by atoms with van der Waals surface area (Å²) in [6.07, 6.45) is 5.18. The van der Waals surface area contributed by atoms with E-state index in [1.165, 1.54) is 33.8 Å². The summed E-state index contributed by atoms with van der Waals surface area (Å²) >= 11 is 3.71. The van der Waals surface area contributed by atoms with Crippen molar-refractivity contribution in [1.29, 1.82) is 5.41 Å². The molecule has 0 saturated carbocycles. The van der Waals surface area contributed by atoms with Gasteiger partial charge < -0.3 is 31.6 Å². The lowest BCUT2D eigenvalue weighted by Crippen LogP contribution is -2.71. The highest BCUT2D eigenvalue weighted by Gasteiger charge is 2.54. The monoisotopic (exact) mass is 577 g/mol. The number of carboxylic acid groups (broad SMARTS) is 1. The number of terminal acetylenes is 1. The molecule has 3 atom stereocenters. The molecule has 14 nitrogen and oxygen atoms in total. The summed E-state index contributed by atoms with van der Waals surface area (Å²) in [7, 11) is 1.68. The number of hydrogen-bond donors (Lipinski definition) is 5. The Morgan fingerprint density at radius 2 is 2.26 bits per heavy atom. The van der Waals surface area contributed by atoms with E-state index in [4.69, 9.17) is 28.1 Å². The molecule has 3 aliphatic rings. The Balaban J connectivity index is 1.47. The number of aliphatic imine (C=N–C) groups is 1. The van der Waals surface area contributed by atoms with Crippen LogP contribution in [0.1, 0.15) is 12.1 Å². The molecule has 7 N–H and O–H groups in total. The molecule has 0 aromatic carbocycles. The molecule has 1 aromatic heterocycles. The van der Waals surface area contributed by atoms with E-state index in [9.17, 15) is 19.5 Å². The molecule has 200 valence electrons. The van der Waals surface area contributed by atoms with Crippen molar-refractivity contribution in [2.45, 2.75) is 24.0 Å². The lowest BCUT2D eigenvalue weighted by atomic mass is 10.0. The highest BCUT2D eigenvalue weighted by Crippen LogP contribution is 2.41. The fourth-order valence-corrected chi connectivity index (χ4v) is 6.76. The summed E-state index contributed by atoms with van der Waals surface area (Å²) in [5.41, 5.74) is 12.0. The van der Waals surface area contributed by atoms with Gasteiger partial charge in [-0.05, 0) is 5.57 Å². The van der Waals surface area contributed by atoms with Gasteiger partial charge in [-0.3, -0.25) is 19.9 Å². The van der Waals surface area contributed by atoms with Gasteiger partial charge in [0.25, 0.3) is 11.8 Å². The predicted molar refractivity (Wildman–Crippen MR) is 146 cm³/mol. The van der Waals surface area contributed by atoms with Crippen LogP contribution >= 0.6 is 34.9 Å². The molecule has 0 radical (unpaired) electrons. The number of amides is 2. The van der Waals surface area contributed by atoms with Crippen molar-refractivity contribution in [3.63, 3.8) is 0 Å². The van der Waals surface area contributed by atoms with E-state index >= 15 is 0 Å². The molecule has 17 heteroatoms. The second kappa shape index (κ2) is 11.4. The fraction of sp³-hybridized carbons (Fsp3) is 0.381. The lowest BCUT2D eigenvalue weighted by Gasteiger charge is -2.49. The molecule has 4 heterocycles. The maximum absolute atomic E-state index is 13.0. The van der Waals surface area contributed by atoms with Gasteiger partial charge in [0, 0.05) is 30.4 Å². The van der Waals surface area contributed by atoms with Gasteiger partial charge in [0.1, 0.15) is 22.8 Å². The number of anilines is 1. The second-order valence-corrected chi connectivity index (χ2v) is 11.2. The Morgan fingerprint density at radius 3 is 2.89 bits per heavy atom. The van der Waals surface area contributed by atoms with Crippen LogP contribution in [0.4, 0.5) is 5.13 Å². The number of aromatic nitrogens is 1. The molecular weight excluding hydrogens is 554 g/mol. The molecule has 38 heavy (non-hydrogen) atoms. The molecule has 1 unspecified atom stereocenters. The normalized spacial score (nSPS) is 23.3. The highest BCUT2D eigenvalue weighted by atomic mass is 32.2. The maximum Gasteiger partial charge on any atom is 0.352 e. The molecule has 1 aromatic rings. The largest absolute Gasteiger partial charge is 0.477 e. The smallest absolute Gasteiger partial charge is 0.352 e. The average Bonchev–Trinajstić information content (AvgIpc) is 3.31. The number of β-lactam (4-membered cyclic amide) rings is 1. The quantitative estimate of drug-likeness (QED) is 0.0873. The summed E-state index contributed by atoms with van der Waals surface area (Å²) in [4.78, 5) is 54.1. The van der Waals surface area contributed by atoms with Gasteiger partial charge in [-0.25, -0.2) is 14.8 Å². The Morgan fingerprint density at radius 1 is 1.50 bits per heavy atom. The van der Waals surface area contributed by atoms with Gasteiger partial charge in [-0.2, -0.15) is 0 Å². The van der Waals surface area contributed by atoms with Crippen LogP contribution in [-0.4, -0.2) is 97.1 Å². The van der Waals surface area contributed by atoms with Crippen LogP contribution in [0, 0.1) is 17.8 Å². The summed E-state index contributed by atoms with van der Waals surface area (Å²) in [5, 5.41) is 25.9. The van der Waals surface area contributed by atoms with Crippen molar-refractivity contribution < 1.29 is 24.3 Å². The summed E-state index contributed by atoms with van der Waals surface area (Å²) in [5.74, 6) is 0.276. The fourth-order valence-electron chi connectivity index (χ4n) is 3.72. The second-order valence-electron chi connectivity index (χ2n) is 8.11. The number of nitrogens with zero attached hydrogens (tertiary/aromatic N) is 5. The third kappa shape index (κ3) is 5.48. The number of carbonyl (C=O) groups is 3. The Bertz CT molecular complexity index is 1320. The highest BCUT2D eigenvalue weighted by molar-refractivity contribution is 8.14. The zero-order valence-electron chi connectivity index (χ0n) is 19.9. The van der Waals surface area contributed by atoms with Gasteiger partial charge in [0.05, 0.1) is 11.2 Å². The van der Waals surface area contributed by atoms with E-state index in [2.05, 4.69) is 26.4 Å².